The van der Waals surface area contributed by atoms with Crippen LogP contribution in [0.4, 0.5) is 13.2 Å². The van der Waals surface area contributed by atoms with Crippen LogP contribution in [0.3, 0.4) is 0 Å². The van der Waals surface area contributed by atoms with Crippen LogP contribution in [0.5, 0.6) is 11.5 Å². The molecular formula is C22H25F3N2O5S2. The molecule has 0 bridgehead atoms. The molecule has 2 heterocycles. The number of carbonyl (C=O) groups excluding carboxylic acids is 1. The second-order valence-corrected chi connectivity index (χ2v) is 12.3. The van der Waals surface area contributed by atoms with E-state index in [0.29, 0.717) is 52.9 Å². The molecule has 12 heteroatoms. The number of hydrogen-bond donors (Lipinski definition) is 2. The van der Waals surface area contributed by atoms with E-state index < -0.39 is 37.7 Å². The van der Waals surface area contributed by atoms with Gasteiger partial charge >= 0.3 is 6.29 Å². The van der Waals surface area contributed by atoms with Crippen LogP contribution in [-0.2, 0) is 39.6 Å². The number of amides is 1. The third-order valence-corrected chi connectivity index (χ3v) is 9.13. The first-order valence-corrected chi connectivity index (χ1v) is 13.1. The molecule has 1 aromatic heterocycles. The van der Waals surface area contributed by atoms with Crippen molar-refractivity contribution in [2.24, 2.45) is 9.50 Å². The second kappa shape index (κ2) is 8.21. The zero-order chi connectivity index (χ0) is 25.2. The van der Waals surface area contributed by atoms with Crippen LogP contribution in [0.2, 0.25) is 0 Å². The number of aliphatic hydroxyl groups is 1. The summed E-state index contributed by atoms with van der Waals surface area (Å²) in [6, 6.07) is 1.01. The van der Waals surface area contributed by atoms with Crippen LogP contribution >= 0.6 is 11.3 Å². The number of carbonyl (C=O) groups is 1. The van der Waals surface area contributed by atoms with Gasteiger partial charge in [0.1, 0.15) is 0 Å². The number of thiophene rings is 1. The van der Waals surface area contributed by atoms with E-state index in [-0.39, 0.29) is 28.7 Å². The Balaban J connectivity index is 1.76. The summed E-state index contributed by atoms with van der Waals surface area (Å²) in [7, 11) is -3.95. The Morgan fingerprint density at radius 2 is 1.91 bits per heavy atom. The van der Waals surface area contributed by atoms with Crippen molar-refractivity contribution in [2.45, 2.75) is 75.4 Å². The van der Waals surface area contributed by atoms with Crippen LogP contribution in [0.1, 0.15) is 67.2 Å². The van der Waals surface area contributed by atoms with Crippen LogP contribution in [-0.4, -0.2) is 21.5 Å². The van der Waals surface area contributed by atoms with Gasteiger partial charge in [0.05, 0.1) is 12.0 Å². The smallest absolute Gasteiger partial charge is 0.395 e. The largest absolute Gasteiger partial charge is 0.586 e. The van der Waals surface area contributed by atoms with Gasteiger partial charge < -0.3 is 14.6 Å². The van der Waals surface area contributed by atoms with Crippen molar-refractivity contribution < 1.29 is 36.8 Å². The Kier molecular flexibility index (Phi) is 6.03. The lowest BCUT2D eigenvalue weighted by atomic mass is 9.87. The molecule has 1 amide bonds. The number of halogens is 3. The summed E-state index contributed by atoms with van der Waals surface area (Å²) < 4.78 is 68.1. The lowest BCUT2D eigenvalue weighted by Crippen LogP contribution is -2.26. The lowest BCUT2D eigenvalue weighted by Gasteiger charge is -2.19. The molecule has 0 spiro atoms. The van der Waals surface area contributed by atoms with E-state index >= 15 is 0 Å². The first-order chi connectivity index (χ1) is 15.6. The topological polar surface area (TPSA) is 111 Å². The molecule has 0 radical (unpaired) electrons. The number of rotatable bonds is 5. The first-order valence-electron chi connectivity index (χ1n) is 10.7. The van der Waals surface area contributed by atoms with E-state index in [2.05, 4.69) is 4.36 Å². The fourth-order valence-electron chi connectivity index (χ4n) is 4.40. The molecule has 4 rings (SSSR count). The maximum atomic E-state index is 14.5. The maximum Gasteiger partial charge on any atom is 0.586 e. The van der Waals surface area contributed by atoms with E-state index in [1.807, 2.05) is 0 Å². The third-order valence-electron chi connectivity index (χ3n) is 5.74. The Labute approximate surface area is 199 Å². The maximum absolute atomic E-state index is 14.5. The summed E-state index contributed by atoms with van der Waals surface area (Å²) in [5.41, 5.74) is 0.737. The van der Waals surface area contributed by atoms with Gasteiger partial charge in [-0.3, -0.25) is 4.79 Å². The molecule has 0 saturated heterocycles. The monoisotopic (exact) mass is 518 g/mol. The van der Waals surface area contributed by atoms with E-state index in [1.165, 1.54) is 13.8 Å². The Hall–Kier alpha value is -2.15. The summed E-state index contributed by atoms with van der Waals surface area (Å²) in [6.07, 6.45) is -2.45. The Morgan fingerprint density at radius 1 is 1.29 bits per heavy atom. The number of benzene rings is 1. The molecule has 186 valence electrons. The van der Waals surface area contributed by atoms with E-state index in [9.17, 15) is 27.3 Å². The second-order valence-electron chi connectivity index (χ2n) is 9.22. The van der Waals surface area contributed by atoms with E-state index in [0.717, 1.165) is 6.07 Å². The predicted molar refractivity (Wildman–Crippen MR) is 120 cm³/mol. The predicted octanol–water partition coefficient (Wildman–Crippen LogP) is 4.52. The molecule has 2 aliphatic rings. The molecule has 1 aliphatic heterocycles. The average molecular weight is 519 g/mol. The number of fused-ring (bicyclic) bond motifs is 3. The molecule has 0 fully saturated rings. The van der Waals surface area contributed by atoms with Gasteiger partial charge in [0.15, 0.2) is 31.4 Å². The van der Waals surface area contributed by atoms with Gasteiger partial charge in [0.25, 0.3) is 5.91 Å². The normalized spacial score (nSPS) is 18.2. The summed E-state index contributed by atoms with van der Waals surface area (Å²) in [4.78, 5) is 13.1. The Bertz CT molecular complexity index is 1300. The van der Waals surface area contributed by atoms with Gasteiger partial charge in [-0.25, -0.2) is 13.7 Å². The van der Waals surface area contributed by atoms with Gasteiger partial charge in [-0.05, 0) is 56.2 Å². The van der Waals surface area contributed by atoms with E-state index in [1.54, 1.807) is 13.8 Å². The number of nitrogens with two attached hydrogens (primary N) is 1. The molecule has 1 aliphatic carbocycles. The Morgan fingerprint density at radius 3 is 2.50 bits per heavy atom. The van der Waals surface area contributed by atoms with Crippen molar-refractivity contribution in [3.05, 3.63) is 39.0 Å². The fourth-order valence-corrected chi connectivity index (χ4v) is 6.81. The zero-order valence-corrected chi connectivity index (χ0v) is 20.7. The third kappa shape index (κ3) is 4.43. The highest BCUT2D eigenvalue weighted by molar-refractivity contribution is 7.93. The summed E-state index contributed by atoms with van der Waals surface area (Å²) in [5.74, 6) is -2.22. The highest BCUT2D eigenvalue weighted by atomic mass is 32.2. The number of ether oxygens (including phenoxy) is 2. The SMILES string of the molecule is CC(C)c1c(CC(=O)N=[S@@](N)(=O)c2sc(C(C)(C)O)cc2F)c2c(c3c1OC(F)(F)O3)CCC2. The molecule has 1 atom stereocenters. The van der Waals surface area contributed by atoms with Crippen molar-refractivity contribution in [3.63, 3.8) is 0 Å². The highest BCUT2D eigenvalue weighted by Gasteiger charge is 2.48. The summed E-state index contributed by atoms with van der Waals surface area (Å²) in [6.45, 7) is 6.40. The molecule has 0 saturated carbocycles. The average Bonchev–Trinajstić information content (AvgIpc) is 3.36. The van der Waals surface area contributed by atoms with Crippen molar-refractivity contribution >= 4 is 27.2 Å². The van der Waals surface area contributed by atoms with Crippen LogP contribution in [0.25, 0.3) is 0 Å². The summed E-state index contributed by atoms with van der Waals surface area (Å²) in [5, 5.41) is 15.9. The van der Waals surface area contributed by atoms with Gasteiger partial charge in [0.2, 0.25) is 0 Å². The highest BCUT2D eigenvalue weighted by Crippen LogP contribution is 2.53. The van der Waals surface area contributed by atoms with Crippen LogP contribution < -0.4 is 14.6 Å². The molecular weight excluding hydrogens is 493 g/mol. The van der Waals surface area contributed by atoms with Crippen molar-refractivity contribution in [2.75, 3.05) is 0 Å². The van der Waals surface area contributed by atoms with Crippen molar-refractivity contribution in [3.8, 4) is 11.5 Å². The molecule has 2 aromatic rings. The van der Waals surface area contributed by atoms with Gasteiger partial charge in [0, 0.05) is 16.0 Å². The van der Waals surface area contributed by atoms with Gasteiger partial charge in [-0.2, -0.15) is 0 Å². The van der Waals surface area contributed by atoms with Crippen LogP contribution in [0, 0.1) is 5.82 Å². The number of nitrogens with zero attached hydrogens (tertiary/aromatic N) is 1. The minimum atomic E-state index is -3.95. The quantitative estimate of drug-likeness (QED) is 0.605. The first kappa shape index (κ1) is 25.0. The minimum Gasteiger partial charge on any atom is -0.395 e. The number of alkyl halides is 2. The van der Waals surface area contributed by atoms with Gasteiger partial charge in [-0.15, -0.1) is 24.5 Å². The lowest BCUT2D eigenvalue weighted by molar-refractivity contribution is -0.287. The fraction of sp³-hybridized carbons (Fsp3) is 0.500. The molecule has 34 heavy (non-hydrogen) atoms. The molecule has 0 unspecified atom stereocenters. The molecule has 3 N–H and O–H groups in total. The number of hydrogen-bond acceptors (Lipinski definition) is 6. The van der Waals surface area contributed by atoms with Crippen LogP contribution in [0.15, 0.2) is 14.6 Å². The molecule has 1 aromatic carbocycles. The zero-order valence-electron chi connectivity index (χ0n) is 19.0. The van der Waals surface area contributed by atoms with E-state index in [4.69, 9.17) is 14.6 Å². The minimum absolute atomic E-state index is 0.00300. The van der Waals surface area contributed by atoms with Crippen molar-refractivity contribution in [1.82, 2.24) is 0 Å². The standard InChI is InChI=1S/C22H25F3N2O5S2/c1-10(2)17-13(11-6-5-7-12(11)18-19(17)32-22(24,25)31-18)8-16(28)27-34(26,30)20-14(23)9-15(33-20)21(3,4)29/h9-10,29H,5-8H2,1-4H3,(H2,26,27,28,30)/t34-/m1/s1. The van der Waals surface area contributed by atoms with Gasteiger partial charge in [-0.1, -0.05) is 13.8 Å². The van der Waals surface area contributed by atoms with Crippen molar-refractivity contribution in [1.29, 1.82) is 0 Å². The molecule has 7 nitrogen and oxygen atoms in total. The summed E-state index contributed by atoms with van der Waals surface area (Å²) >= 11 is 0.675.